The van der Waals surface area contributed by atoms with E-state index in [0.717, 1.165) is 19.3 Å². The lowest BCUT2D eigenvalue weighted by molar-refractivity contribution is -0.164. The molecule has 0 amide bonds. The smallest absolute Gasteiger partial charge is 0.328 e. The largest absolute Gasteiger partial charge is 0.487 e. The second-order valence-corrected chi connectivity index (χ2v) is 8.95. The Bertz CT molecular complexity index is 651. The number of hydrogen-bond acceptors (Lipinski definition) is 5. The molecule has 0 heterocycles. The van der Waals surface area contributed by atoms with Gasteiger partial charge in [0.2, 0.25) is 0 Å². The number of unbranched alkanes of at least 4 members (excludes halogenated alkanes) is 9. The van der Waals surface area contributed by atoms with Crippen LogP contribution in [-0.2, 0) is 14.3 Å². The van der Waals surface area contributed by atoms with Crippen LogP contribution in [0.5, 0.6) is 11.5 Å². The predicted octanol–water partition coefficient (Wildman–Crippen LogP) is 6.87. The Morgan fingerprint density at radius 1 is 0.806 bits per heavy atom. The summed E-state index contributed by atoms with van der Waals surface area (Å²) in [6.45, 7) is 9.42. The van der Waals surface area contributed by atoms with E-state index in [2.05, 4.69) is 6.92 Å². The number of rotatable bonds is 16. The van der Waals surface area contributed by atoms with Crippen molar-refractivity contribution in [3.05, 3.63) is 24.3 Å². The van der Waals surface area contributed by atoms with Crippen molar-refractivity contribution >= 4 is 11.9 Å². The van der Waals surface area contributed by atoms with Gasteiger partial charge in [-0.1, -0.05) is 76.8 Å². The molecular weight excluding hydrogens is 392 g/mol. The number of carbonyl (C=O) groups is 2. The average molecular weight is 435 g/mol. The molecule has 1 aromatic carbocycles. The molecule has 1 aromatic rings. The average Bonchev–Trinajstić information content (AvgIpc) is 2.72. The summed E-state index contributed by atoms with van der Waals surface area (Å²) < 4.78 is 16.5. The van der Waals surface area contributed by atoms with Crippen molar-refractivity contribution in [3.8, 4) is 11.5 Å². The zero-order valence-electron chi connectivity index (χ0n) is 20.2. The first-order valence-electron chi connectivity index (χ1n) is 11.9. The Balaban J connectivity index is 2.32. The van der Waals surface area contributed by atoms with Gasteiger partial charge in [0.05, 0.1) is 12.7 Å². The van der Waals surface area contributed by atoms with Crippen molar-refractivity contribution in [1.82, 2.24) is 0 Å². The molecule has 0 aromatic heterocycles. The molecule has 0 aliphatic rings. The van der Waals surface area contributed by atoms with E-state index in [-0.39, 0.29) is 6.10 Å². The van der Waals surface area contributed by atoms with Crippen LogP contribution in [0.3, 0.4) is 0 Å². The summed E-state index contributed by atoms with van der Waals surface area (Å²) in [4.78, 5) is 25.1. The summed E-state index contributed by atoms with van der Waals surface area (Å²) in [5, 5.41) is 0. The normalized spacial score (nSPS) is 11.4. The van der Waals surface area contributed by atoms with Crippen molar-refractivity contribution in [2.24, 2.45) is 5.41 Å². The standard InChI is InChI=1S/C26H42O5/c1-6-7-8-9-10-11-12-13-14-17-20-29-24(27)26(4,5)25(28)31-23-19-16-15-18-22(23)30-21(2)3/h15-16,18-19,21H,6-14,17,20H2,1-5H3. The van der Waals surface area contributed by atoms with Crippen LogP contribution in [0.15, 0.2) is 24.3 Å². The van der Waals surface area contributed by atoms with Crippen molar-refractivity contribution in [1.29, 1.82) is 0 Å². The Labute approximate surface area is 188 Å². The summed E-state index contributed by atoms with van der Waals surface area (Å²) in [7, 11) is 0. The van der Waals surface area contributed by atoms with Gasteiger partial charge in [-0.3, -0.25) is 9.59 Å². The van der Waals surface area contributed by atoms with E-state index >= 15 is 0 Å². The molecule has 0 saturated heterocycles. The Morgan fingerprint density at radius 2 is 1.32 bits per heavy atom. The van der Waals surface area contributed by atoms with Crippen molar-refractivity contribution in [2.75, 3.05) is 6.61 Å². The van der Waals surface area contributed by atoms with Crippen LogP contribution < -0.4 is 9.47 Å². The molecule has 0 fully saturated rings. The van der Waals surface area contributed by atoms with E-state index < -0.39 is 17.4 Å². The minimum absolute atomic E-state index is 0.0566. The zero-order chi connectivity index (χ0) is 23.1. The number of benzene rings is 1. The minimum Gasteiger partial charge on any atom is -0.487 e. The second kappa shape index (κ2) is 14.9. The third kappa shape index (κ3) is 10.7. The van der Waals surface area contributed by atoms with Gasteiger partial charge in [0.25, 0.3) is 0 Å². The number of hydrogen-bond donors (Lipinski definition) is 0. The fraction of sp³-hybridized carbons (Fsp3) is 0.692. The maximum atomic E-state index is 12.6. The number of carbonyl (C=O) groups excluding carboxylic acids is 2. The lowest BCUT2D eigenvalue weighted by Gasteiger charge is -2.22. The number of ether oxygens (including phenoxy) is 3. The van der Waals surface area contributed by atoms with Crippen LogP contribution in [0.1, 0.15) is 98.8 Å². The number of para-hydroxylation sites is 2. The van der Waals surface area contributed by atoms with Gasteiger partial charge >= 0.3 is 11.9 Å². The highest BCUT2D eigenvalue weighted by Gasteiger charge is 2.40. The molecule has 0 N–H and O–H groups in total. The lowest BCUT2D eigenvalue weighted by atomic mass is 9.94. The van der Waals surface area contributed by atoms with Gasteiger partial charge in [-0.25, -0.2) is 0 Å². The van der Waals surface area contributed by atoms with Crippen molar-refractivity contribution in [3.63, 3.8) is 0 Å². The van der Waals surface area contributed by atoms with E-state index in [0.29, 0.717) is 18.1 Å². The predicted molar refractivity (Wildman–Crippen MR) is 124 cm³/mol. The van der Waals surface area contributed by atoms with Crippen LogP contribution in [-0.4, -0.2) is 24.6 Å². The molecule has 0 aliphatic heterocycles. The molecule has 5 nitrogen and oxygen atoms in total. The molecule has 0 unspecified atom stereocenters. The van der Waals surface area contributed by atoms with Crippen LogP contribution in [0.2, 0.25) is 0 Å². The zero-order valence-corrected chi connectivity index (χ0v) is 20.2. The van der Waals surface area contributed by atoms with Gasteiger partial charge in [0.1, 0.15) is 0 Å². The molecule has 0 bridgehead atoms. The first-order chi connectivity index (χ1) is 14.8. The Morgan fingerprint density at radius 3 is 1.87 bits per heavy atom. The molecule has 0 aliphatic carbocycles. The molecule has 1 rings (SSSR count). The monoisotopic (exact) mass is 434 g/mol. The highest BCUT2D eigenvalue weighted by atomic mass is 16.6. The summed E-state index contributed by atoms with van der Waals surface area (Å²) >= 11 is 0. The fourth-order valence-corrected chi connectivity index (χ4v) is 3.13. The fourth-order valence-electron chi connectivity index (χ4n) is 3.13. The minimum atomic E-state index is -1.39. The van der Waals surface area contributed by atoms with Gasteiger partial charge in [-0.15, -0.1) is 0 Å². The quantitative estimate of drug-likeness (QED) is 0.123. The lowest BCUT2D eigenvalue weighted by Crippen LogP contribution is -2.38. The molecule has 0 saturated carbocycles. The third-order valence-corrected chi connectivity index (χ3v) is 5.17. The number of esters is 2. The van der Waals surface area contributed by atoms with Crippen LogP contribution in [0, 0.1) is 5.41 Å². The van der Waals surface area contributed by atoms with Crippen LogP contribution in [0.4, 0.5) is 0 Å². The van der Waals surface area contributed by atoms with Gasteiger partial charge in [-0.05, 0) is 46.2 Å². The van der Waals surface area contributed by atoms with Gasteiger partial charge in [0, 0.05) is 0 Å². The van der Waals surface area contributed by atoms with E-state index in [9.17, 15) is 9.59 Å². The topological polar surface area (TPSA) is 61.8 Å². The summed E-state index contributed by atoms with van der Waals surface area (Å²) in [6.07, 6.45) is 12.1. The summed E-state index contributed by atoms with van der Waals surface area (Å²) in [6, 6.07) is 6.95. The first kappa shape index (κ1) is 27.0. The highest BCUT2D eigenvalue weighted by Crippen LogP contribution is 2.30. The highest BCUT2D eigenvalue weighted by molar-refractivity contribution is 6.00. The molecule has 5 heteroatoms. The maximum absolute atomic E-state index is 12.6. The first-order valence-corrected chi connectivity index (χ1v) is 11.9. The molecule has 176 valence electrons. The molecule has 0 atom stereocenters. The molecule has 0 radical (unpaired) electrons. The van der Waals surface area contributed by atoms with Crippen LogP contribution in [0.25, 0.3) is 0 Å². The molecule has 31 heavy (non-hydrogen) atoms. The van der Waals surface area contributed by atoms with Gasteiger partial charge in [-0.2, -0.15) is 0 Å². The third-order valence-electron chi connectivity index (χ3n) is 5.17. The summed E-state index contributed by atoms with van der Waals surface area (Å²) in [5.74, 6) is -0.437. The maximum Gasteiger partial charge on any atom is 0.328 e. The van der Waals surface area contributed by atoms with Crippen molar-refractivity contribution < 1.29 is 23.8 Å². The molecular formula is C26H42O5. The van der Waals surface area contributed by atoms with E-state index in [4.69, 9.17) is 14.2 Å². The van der Waals surface area contributed by atoms with E-state index in [1.165, 1.54) is 58.8 Å². The van der Waals surface area contributed by atoms with Crippen LogP contribution >= 0.6 is 0 Å². The Hall–Kier alpha value is -2.04. The van der Waals surface area contributed by atoms with Gasteiger partial charge in [0.15, 0.2) is 16.9 Å². The van der Waals surface area contributed by atoms with E-state index in [1.807, 2.05) is 13.8 Å². The Kier molecular flexibility index (Phi) is 13.0. The molecule has 0 spiro atoms. The SMILES string of the molecule is CCCCCCCCCCCCOC(=O)C(C)(C)C(=O)Oc1ccccc1OC(C)C. The van der Waals surface area contributed by atoms with Crippen molar-refractivity contribution in [2.45, 2.75) is 105 Å². The van der Waals surface area contributed by atoms with Gasteiger partial charge < -0.3 is 14.2 Å². The second-order valence-electron chi connectivity index (χ2n) is 8.95. The summed E-state index contributed by atoms with van der Waals surface area (Å²) in [5.41, 5.74) is -1.39. The van der Waals surface area contributed by atoms with E-state index in [1.54, 1.807) is 24.3 Å².